The lowest BCUT2D eigenvalue weighted by atomic mass is 10.1. The van der Waals surface area contributed by atoms with Crippen molar-refractivity contribution in [1.29, 1.82) is 5.26 Å². The number of para-hydroxylation sites is 1. The zero-order valence-electron chi connectivity index (χ0n) is 12.9. The van der Waals surface area contributed by atoms with E-state index in [9.17, 15) is 14.9 Å². The van der Waals surface area contributed by atoms with Crippen LogP contribution < -0.4 is 21.3 Å². The van der Waals surface area contributed by atoms with Crippen LogP contribution in [-0.2, 0) is 20.5 Å². The van der Waals surface area contributed by atoms with Crippen LogP contribution in [0.4, 0.5) is 5.82 Å². The van der Waals surface area contributed by atoms with E-state index in [0.717, 1.165) is 22.3 Å². The lowest BCUT2D eigenvalue weighted by molar-refractivity contribution is 0.246. The van der Waals surface area contributed by atoms with Gasteiger partial charge in [-0.05, 0) is 11.6 Å². The van der Waals surface area contributed by atoms with Crippen LogP contribution in [0.15, 0.2) is 33.9 Å². The van der Waals surface area contributed by atoms with Crippen LogP contribution in [0.2, 0.25) is 0 Å². The SMILES string of the molecule is Cn1c(NC[C@@H]2Cc3ccccc3O2)c(C#N)c(=O)n(C)c1=O. The summed E-state index contributed by atoms with van der Waals surface area (Å²) in [5.74, 6) is 1.07. The topological polar surface area (TPSA) is 89.1 Å². The predicted molar refractivity (Wildman–Crippen MR) is 84.7 cm³/mol. The summed E-state index contributed by atoms with van der Waals surface area (Å²) in [6.45, 7) is 0.393. The van der Waals surface area contributed by atoms with E-state index in [1.807, 2.05) is 30.3 Å². The number of hydrogen-bond acceptors (Lipinski definition) is 5. The molecule has 1 atom stereocenters. The summed E-state index contributed by atoms with van der Waals surface area (Å²) >= 11 is 0. The third-order valence-corrected chi connectivity index (χ3v) is 3.99. The highest BCUT2D eigenvalue weighted by Crippen LogP contribution is 2.28. The van der Waals surface area contributed by atoms with Gasteiger partial charge in [-0.15, -0.1) is 0 Å². The van der Waals surface area contributed by atoms with Gasteiger partial charge in [-0.3, -0.25) is 13.9 Å². The van der Waals surface area contributed by atoms with Crippen molar-refractivity contribution in [2.24, 2.45) is 14.1 Å². The van der Waals surface area contributed by atoms with Gasteiger partial charge in [-0.2, -0.15) is 5.26 Å². The average molecular weight is 312 g/mol. The largest absolute Gasteiger partial charge is 0.488 e. The van der Waals surface area contributed by atoms with Crippen LogP contribution in [0.3, 0.4) is 0 Å². The van der Waals surface area contributed by atoms with Gasteiger partial charge in [0, 0.05) is 20.5 Å². The van der Waals surface area contributed by atoms with E-state index < -0.39 is 11.2 Å². The molecule has 0 amide bonds. The zero-order valence-corrected chi connectivity index (χ0v) is 12.9. The minimum Gasteiger partial charge on any atom is -0.488 e. The summed E-state index contributed by atoms with van der Waals surface area (Å²) in [4.78, 5) is 24.0. The number of benzene rings is 1. The Kier molecular flexibility index (Phi) is 3.66. The molecule has 2 aromatic rings. The highest BCUT2D eigenvalue weighted by atomic mass is 16.5. The van der Waals surface area contributed by atoms with Crippen LogP contribution in [0.5, 0.6) is 5.75 Å². The van der Waals surface area contributed by atoms with Gasteiger partial charge >= 0.3 is 5.69 Å². The first-order valence-corrected chi connectivity index (χ1v) is 7.21. The van der Waals surface area contributed by atoms with Gasteiger partial charge in [-0.25, -0.2) is 4.79 Å². The number of nitriles is 1. The Morgan fingerprint density at radius 2 is 2.04 bits per heavy atom. The van der Waals surface area contributed by atoms with Crippen molar-refractivity contribution in [3.8, 4) is 11.8 Å². The summed E-state index contributed by atoms with van der Waals surface area (Å²) < 4.78 is 8.00. The Balaban J connectivity index is 1.84. The fourth-order valence-electron chi connectivity index (χ4n) is 2.73. The molecule has 2 heterocycles. The monoisotopic (exact) mass is 312 g/mol. The average Bonchev–Trinajstić information content (AvgIpc) is 2.97. The van der Waals surface area contributed by atoms with Crippen molar-refractivity contribution in [3.05, 3.63) is 56.2 Å². The Morgan fingerprint density at radius 3 is 2.74 bits per heavy atom. The maximum absolute atomic E-state index is 12.0. The van der Waals surface area contributed by atoms with E-state index in [2.05, 4.69) is 5.32 Å². The van der Waals surface area contributed by atoms with Crippen molar-refractivity contribution >= 4 is 5.82 Å². The third kappa shape index (κ3) is 2.48. The van der Waals surface area contributed by atoms with Gasteiger partial charge in [-0.1, -0.05) is 18.2 Å². The van der Waals surface area contributed by atoms with Crippen LogP contribution >= 0.6 is 0 Å². The number of nitrogens with zero attached hydrogens (tertiary/aromatic N) is 3. The Labute approximate surface area is 132 Å². The molecule has 1 aromatic heterocycles. The quantitative estimate of drug-likeness (QED) is 0.884. The molecule has 0 radical (unpaired) electrons. The lowest BCUT2D eigenvalue weighted by Gasteiger charge is -2.16. The summed E-state index contributed by atoms with van der Waals surface area (Å²) in [5.41, 5.74) is -0.0383. The fourth-order valence-corrected chi connectivity index (χ4v) is 2.73. The van der Waals surface area contributed by atoms with Crippen LogP contribution in [0.1, 0.15) is 11.1 Å². The molecule has 1 aromatic carbocycles. The molecule has 7 nitrogen and oxygen atoms in total. The molecule has 118 valence electrons. The Bertz CT molecular complexity index is 895. The molecule has 0 fully saturated rings. The minimum atomic E-state index is -0.603. The highest BCUT2D eigenvalue weighted by molar-refractivity contribution is 5.51. The lowest BCUT2D eigenvalue weighted by Crippen LogP contribution is -2.40. The van der Waals surface area contributed by atoms with E-state index in [1.54, 1.807) is 0 Å². The number of rotatable bonds is 3. The van der Waals surface area contributed by atoms with Crippen molar-refractivity contribution in [2.45, 2.75) is 12.5 Å². The highest BCUT2D eigenvalue weighted by Gasteiger charge is 2.23. The summed E-state index contributed by atoms with van der Waals surface area (Å²) in [7, 11) is 2.88. The normalized spacial score (nSPS) is 15.6. The molecule has 7 heteroatoms. The van der Waals surface area contributed by atoms with Gasteiger partial charge in [0.15, 0.2) is 5.56 Å². The zero-order chi connectivity index (χ0) is 16.6. The summed E-state index contributed by atoms with van der Waals surface area (Å²) in [6.07, 6.45) is 0.627. The van der Waals surface area contributed by atoms with Crippen molar-refractivity contribution in [2.75, 3.05) is 11.9 Å². The predicted octanol–water partition coefficient (Wildman–Crippen LogP) is 0.371. The van der Waals surface area contributed by atoms with Gasteiger partial charge in [0.25, 0.3) is 5.56 Å². The van der Waals surface area contributed by atoms with Crippen LogP contribution in [0.25, 0.3) is 0 Å². The molecule has 0 saturated carbocycles. The number of nitrogens with one attached hydrogen (secondary N) is 1. The van der Waals surface area contributed by atoms with Crippen LogP contribution in [0, 0.1) is 11.3 Å². The van der Waals surface area contributed by atoms with Gasteiger partial charge < -0.3 is 10.1 Å². The second-order valence-corrected chi connectivity index (χ2v) is 5.47. The van der Waals surface area contributed by atoms with E-state index in [0.29, 0.717) is 6.54 Å². The van der Waals surface area contributed by atoms with Crippen LogP contribution in [-0.4, -0.2) is 21.8 Å². The van der Waals surface area contributed by atoms with E-state index in [-0.39, 0.29) is 17.5 Å². The number of anilines is 1. The van der Waals surface area contributed by atoms with Crippen molar-refractivity contribution in [3.63, 3.8) is 0 Å². The Hall–Kier alpha value is -3.01. The van der Waals surface area contributed by atoms with Crippen molar-refractivity contribution in [1.82, 2.24) is 9.13 Å². The third-order valence-electron chi connectivity index (χ3n) is 3.99. The van der Waals surface area contributed by atoms with Crippen molar-refractivity contribution < 1.29 is 4.74 Å². The number of aromatic nitrogens is 2. The number of fused-ring (bicyclic) bond motifs is 1. The first-order valence-electron chi connectivity index (χ1n) is 7.21. The molecule has 1 N–H and O–H groups in total. The molecular formula is C16H16N4O3. The summed E-state index contributed by atoms with van der Waals surface area (Å²) in [6, 6.07) is 9.64. The minimum absolute atomic E-state index is 0.0786. The second kappa shape index (κ2) is 5.65. The molecule has 0 spiro atoms. The Morgan fingerprint density at radius 1 is 1.30 bits per heavy atom. The summed E-state index contributed by atoms with van der Waals surface area (Å²) in [5, 5.41) is 12.2. The fraction of sp³-hybridized carbons (Fsp3) is 0.312. The van der Waals surface area contributed by atoms with Gasteiger partial charge in [0.1, 0.15) is 23.7 Å². The molecule has 23 heavy (non-hydrogen) atoms. The molecule has 1 aliphatic rings. The molecule has 3 rings (SSSR count). The number of ether oxygens (including phenoxy) is 1. The first kappa shape index (κ1) is 14.9. The van der Waals surface area contributed by atoms with E-state index >= 15 is 0 Å². The second-order valence-electron chi connectivity index (χ2n) is 5.47. The smallest absolute Gasteiger partial charge is 0.332 e. The molecule has 0 bridgehead atoms. The molecule has 0 unspecified atom stereocenters. The standard InChI is InChI=1S/C16H16N4O3/c1-19-14(12(8-17)15(21)20(2)16(19)22)18-9-11-7-10-5-3-4-6-13(10)23-11/h3-6,11,18H,7,9H2,1-2H3/t11-/m0/s1. The van der Waals surface area contributed by atoms with Gasteiger partial charge in [0.2, 0.25) is 0 Å². The molecule has 0 saturated heterocycles. The molecule has 0 aliphatic carbocycles. The maximum atomic E-state index is 12.0. The van der Waals surface area contributed by atoms with E-state index in [1.165, 1.54) is 18.7 Å². The molecular weight excluding hydrogens is 296 g/mol. The van der Waals surface area contributed by atoms with Gasteiger partial charge in [0.05, 0.1) is 6.54 Å². The number of hydrogen-bond donors (Lipinski definition) is 1. The first-order chi connectivity index (χ1) is 11.0. The molecule has 1 aliphatic heterocycles. The van der Waals surface area contributed by atoms with E-state index in [4.69, 9.17) is 4.74 Å². The maximum Gasteiger partial charge on any atom is 0.332 e.